The Morgan fingerprint density at radius 1 is 0.842 bits per heavy atom. The van der Waals surface area contributed by atoms with Gasteiger partial charge < -0.3 is 10.6 Å². The van der Waals surface area contributed by atoms with E-state index in [1.807, 2.05) is 49.6 Å². The molecular weight excluding hydrogens is 234 g/mol. The molecular formula is C16H15N3. The van der Waals surface area contributed by atoms with E-state index in [1.165, 1.54) is 0 Å². The summed E-state index contributed by atoms with van der Waals surface area (Å²) in [7, 11) is 1.92. The van der Waals surface area contributed by atoms with E-state index in [1.54, 1.807) is 0 Å². The highest BCUT2D eigenvalue weighted by Crippen LogP contribution is 2.25. The molecule has 0 saturated carbocycles. The summed E-state index contributed by atoms with van der Waals surface area (Å²) in [5, 5.41) is 7.67. The Morgan fingerprint density at radius 2 is 1.58 bits per heavy atom. The molecule has 0 aliphatic carbocycles. The third-order valence-electron chi connectivity index (χ3n) is 3.10. The Morgan fingerprint density at radius 3 is 2.37 bits per heavy atom. The summed E-state index contributed by atoms with van der Waals surface area (Å²) in [6, 6.07) is 18.3. The van der Waals surface area contributed by atoms with Crippen LogP contribution in [0.25, 0.3) is 10.9 Å². The van der Waals surface area contributed by atoms with Crippen LogP contribution in [-0.4, -0.2) is 12.0 Å². The van der Waals surface area contributed by atoms with Gasteiger partial charge in [-0.2, -0.15) is 0 Å². The van der Waals surface area contributed by atoms with Crippen molar-refractivity contribution >= 4 is 28.0 Å². The van der Waals surface area contributed by atoms with Crippen molar-refractivity contribution in [3.63, 3.8) is 0 Å². The first-order valence-corrected chi connectivity index (χ1v) is 6.25. The number of para-hydroxylation sites is 1. The Hall–Kier alpha value is -2.55. The third-order valence-corrected chi connectivity index (χ3v) is 3.10. The molecule has 3 aromatic rings. The number of rotatable bonds is 3. The fourth-order valence-electron chi connectivity index (χ4n) is 2.08. The minimum atomic E-state index is 0.999. The minimum absolute atomic E-state index is 0.999. The highest BCUT2D eigenvalue weighted by molar-refractivity contribution is 5.92. The summed E-state index contributed by atoms with van der Waals surface area (Å²) in [4.78, 5) is 4.36. The zero-order valence-electron chi connectivity index (χ0n) is 10.7. The molecule has 3 nitrogen and oxygen atoms in total. The molecule has 0 unspecified atom stereocenters. The lowest BCUT2D eigenvalue weighted by Crippen LogP contribution is -1.93. The summed E-state index contributed by atoms with van der Waals surface area (Å²) in [6.45, 7) is 0. The summed E-state index contributed by atoms with van der Waals surface area (Å²) in [5.41, 5.74) is 4.24. The predicted octanol–water partition coefficient (Wildman–Crippen LogP) is 4.02. The van der Waals surface area contributed by atoms with Gasteiger partial charge in [0.25, 0.3) is 0 Å². The average molecular weight is 249 g/mol. The number of nitrogens with one attached hydrogen (secondary N) is 2. The molecule has 3 rings (SSSR count). The number of hydrogen-bond donors (Lipinski definition) is 2. The van der Waals surface area contributed by atoms with Crippen LogP contribution in [0.3, 0.4) is 0 Å². The maximum absolute atomic E-state index is 4.36. The largest absolute Gasteiger partial charge is 0.388 e. The number of nitrogens with zero attached hydrogens (tertiary/aromatic N) is 1. The van der Waals surface area contributed by atoms with Crippen molar-refractivity contribution in [1.82, 2.24) is 4.98 Å². The summed E-state index contributed by atoms with van der Waals surface area (Å²) in [6.07, 6.45) is 1.83. The Labute approximate surface area is 112 Å². The van der Waals surface area contributed by atoms with Gasteiger partial charge in [-0.25, -0.2) is 0 Å². The van der Waals surface area contributed by atoms with E-state index in [4.69, 9.17) is 0 Å². The fourth-order valence-corrected chi connectivity index (χ4v) is 2.08. The van der Waals surface area contributed by atoms with Crippen LogP contribution < -0.4 is 10.6 Å². The number of fused-ring (bicyclic) bond motifs is 1. The average Bonchev–Trinajstić information content (AvgIpc) is 2.48. The van der Waals surface area contributed by atoms with Gasteiger partial charge in [0.1, 0.15) is 0 Å². The molecule has 0 amide bonds. The lowest BCUT2D eigenvalue weighted by molar-refractivity contribution is 1.40. The van der Waals surface area contributed by atoms with Crippen LogP contribution in [0, 0.1) is 0 Å². The standard InChI is InChI=1S/C16H15N3/c1-17-12-6-8-13(9-7-12)19-16-10-11-18-15-5-3-2-4-14(15)16/h2-11,17H,1H3,(H,18,19). The van der Waals surface area contributed by atoms with Crippen LogP contribution in [0.4, 0.5) is 17.1 Å². The number of benzene rings is 2. The molecule has 0 aliphatic rings. The molecule has 2 N–H and O–H groups in total. The number of hydrogen-bond acceptors (Lipinski definition) is 3. The highest BCUT2D eigenvalue weighted by Gasteiger charge is 2.01. The van der Waals surface area contributed by atoms with Crippen molar-refractivity contribution in [3.8, 4) is 0 Å². The minimum Gasteiger partial charge on any atom is -0.388 e. The zero-order chi connectivity index (χ0) is 13.1. The SMILES string of the molecule is CNc1ccc(Nc2ccnc3ccccc23)cc1. The Bertz CT molecular complexity index is 684. The molecule has 0 spiro atoms. The van der Waals surface area contributed by atoms with Gasteiger partial charge in [0, 0.05) is 35.7 Å². The lowest BCUT2D eigenvalue weighted by atomic mass is 10.2. The summed E-state index contributed by atoms with van der Waals surface area (Å²) < 4.78 is 0. The van der Waals surface area contributed by atoms with E-state index in [2.05, 4.69) is 33.8 Å². The smallest absolute Gasteiger partial charge is 0.0722 e. The first-order valence-electron chi connectivity index (χ1n) is 6.25. The molecule has 1 heterocycles. The van der Waals surface area contributed by atoms with Crippen LogP contribution in [-0.2, 0) is 0 Å². The van der Waals surface area contributed by atoms with Gasteiger partial charge >= 0.3 is 0 Å². The van der Waals surface area contributed by atoms with Crippen molar-refractivity contribution in [2.45, 2.75) is 0 Å². The molecule has 1 aromatic heterocycles. The Balaban J connectivity index is 1.96. The van der Waals surface area contributed by atoms with Crippen molar-refractivity contribution < 1.29 is 0 Å². The molecule has 94 valence electrons. The molecule has 0 radical (unpaired) electrons. The van der Waals surface area contributed by atoms with Gasteiger partial charge in [-0.15, -0.1) is 0 Å². The molecule has 0 aliphatic heterocycles. The first kappa shape index (κ1) is 11.5. The predicted molar refractivity (Wildman–Crippen MR) is 81.0 cm³/mol. The lowest BCUT2D eigenvalue weighted by Gasteiger charge is -2.10. The molecule has 0 atom stereocenters. The van der Waals surface area contributed by atoms with Crippen molar-refractivity contribution in [3.05, 3.63) is 60.8 Å². The van der Waals surface area contributed by atoms with Gasteiger partial charge in [0.2, 0.25) is 0 Å². The zero-order valence-corrected chi connectivity index (χ0v) is 10.7. The second-order valence-corrected chi connectivity index (χ2v) is 4.33. The maximum atomic E-state index is 4.36. The summed E-state index contributed by atoms with van der Waals surface area (Å²) >= 11 is 0. The quantitative estimate of drug-likeness (QED) is 0.736. The van der Waals surface area contributed by atoms with Crippen LogP contribution in [0.2, 0.25) is 0 Å². The van der Waals surface area contributed by atoms with E-state index >= 15 is 0 Å². The van der Waals surface area contributed by atoms with Gasteiger partial charge in [0.05, 0.1) is 5.52 Å². The molecule has 0 fully saturated rings. The van der Waals surface area contributed by atoms with Crippen LogP contribution >= 0.6 is 0 Å². The van der Waals surface area contributed by atoms with E-state index in [0.717, 1.165) is 28.0 Å². The van der Waals surface area contributed by atoms with E-state index in [0.29, 0.717) is 0 Å². The van der Waals surface area contributed by atoms with E-state index in [-0.39, 0.29) is 0 Å². The van der Waals surface area contributed by atoms with E-state index < -0.39 is 0 Å². The van der Waals surface area contributed by atoms with Crippen molar-refractivity contribution in [2.24, 2.45) is 0 Å². The van der Waals surface area contributed by atoms with Gasteiger partial charge in [-0.1, -0.05) is 18.2 Å². The molecule has 0 bridgehead atoms. The Kier molecular flexibility index (Phi) is 3.02. The van der Waals surface area contributed by atoms with Crippen LogP contribution in [0.5, 0.6) is 0 Å². The van der Waals surface area contributed by atoms with Crippen LogP contribution in [0.1, 0.15) is 0 Å². The molecule has 19 heavy (non-hydrogen) atoms. The van der Waals surface area contributed by atoms with Gasteiger partial charge in [-0.05, 0) is 36.4 Å². The molecule has 0 saturated heterocycles. The second-order valence-electron chi connectivity index (χ2n) is 4.33. The molecule has 3 heteroatoms. The van der Waals surface area contributed by atoms with Gasteiger partial charge in [0.15, 0.2) is 0 Å². The maximum Gasteiger partial charge on any atom is 0.0722 e. The summed E-state index contributed by atoms with van der Waals surface area (Å²) in [5.74, 6) is 0. The van der Waals surface area contributed by atoms with E-state index in [9.17, 15) is 0 Å². The van der Waals surface area contributed by atoms with Crippen molar-refractivity contribution in [1.29, 1.82) is 0 Å². The third kappa shape index (κ3) is 2.36. The monoisotopic (exact) mass is 249 g/mol. The fraction of sp³-hybridized carbons (Fsp3) is 0.0625. The first-order chi connectivity index (χ1) is 9.36. The highest BCUT2D eigenvalue weighted by atomic mass is 14.9. The number of anilines is 3. The van der Waals surface area contributed by atoms with Gasteiger partial charge in [-0.3, -0.25) is 4.98 Å². The number of pyridine rings is 1. The normalized spacial score (nSPS) is 10.4. The van der Waals surface area contributed by atoms with Crippen LogP contribution in [0.15, 0.2) is 60.8 Å². The topological polar surface area (TPSA) is 37.0 Å². The van der Waals surface area contributed by atoms with Crippen molar-refractivity contribution in [2.75, 3.05) is 17.7 Å². The molecule has 2 aromatic carbocycles. The second kappa shape index (κ2) is 4.98. The number of aromatic nitrogens is 1.